The maximum Gasteiger partial charge on any atom is 0.0684 e. The lowest BCUT2D eigenvalue weighted by molar-refractivity contribution is 0.232. The first-order valence-electron chi connectivity index (χ1n) is 6.23. The molecule has 0 fully saturated rings. The minimum atomic E-state index is -0.269. The second-order valence-corrected chi connectivity index (χ2v) is 5.83. The van der Waals surface area contributed by atoms with Crippen LogP contribution in [0.2, 0.25) is 5.02 Å². The van der Waals surface area contributed by atoms with Crippen molar-refractivity contribution in [2.24, 2.45) is 5.41 Å². The SMILES string of the molecule is CC(c1ccccc1Cl)N(C)CCC(C)(C)C#N. The quantitative estimate of drug-likeness (QED) is 0.794. The third-order valence-electron chi connectivity index (χ3n) is 3.41. The molecule has 1 atom stereocenters. The van der Waals surface area contributed by atoms with E-state index in [-0.39, 0.29) is 11.5 Å². The molecule has 0 bridgehead atoms. The van der Waals surface area contributed by atoms with Crippen LogP contribution < -0.4 is 0 Å². The summed E-state index contributed by atoms with van der Waals surface area (Å²) in [5.41, 5.74) is 0.866. The second kappa shape index (κ2) is 6.22. The summed E-state index contributed by atoms with van der Waals surface area (Å²) in [5, 5.41) is 9.82. The Hall–Kier alpha value is -1.04. The highest BCUT2D eigenvalue weighted by molar-refractivity contribution is 6.31. The van der Waals surface area contributed by atoms with Gasteiger partial charge in [0.1, 0.15) is 0 Å². The van der Waals surface area contributed by atoms with Crippen LogP contribution in [0, 0.1) is 16.7 Å². The van der Waals surface area contributed by atoms with Crippen molar-refractivity contribution in [3.8, 4) is 6.07 Å². The highest BCUT2D eigenvalue weighted by Gasteiger charge is 2.20. The van der Waals surface area contributed by atoms with E-state index in [0.29, 0.717) is 0 Å². The van der Waals surface area contributed by atoms with Crippen molar-refractivity contribution in [3.63, 3.8) is 0 Å². The van der Waals surface area contributed by atoms with Crippen LogP contribution in [0.1, 0.15) is 38.8 Å². The fourth-order valence-corrected chi connectivity index (χ4v) is 2.05. The molecule has 0 aliphatic rings. The lowest BCUT2D eigenvalue weighted by atomic mass is 9.91. The van der Waals surface area contributed by atoms with Gasteiger partial charge in [0, 0.05) is 11.1 Å². The Balaban J connectivity index is 2.66. The molecule has 0 aliphatic heterocycles. The molecular weight excluding hydrogens is 244 g/mol. The van der Waals surface area contributed by atoms with Crippen LogP contribution in [0.4, 0.5) is 0 Å². The van der Waals surface area contributed by atoms with Gasteiger partial charge in [0.15, 0.2) is 0 Å². The summed E-state index contributed by atoms with van der Waals surface area (Å²) in [4.78, 5) is 2.24. The average molecular weight is 265 g/mol. The molecular formula is C15H21ClN2. The van der Waals surface area contributed by atoms with Gasteiger partial charge in [-0.05, 0) is 52.4 Å². The number of hydrogen-bond acceptors (Lipinski definition) is 2. The van der Waals surface area contributed by atoms with Gasteiger partial charge in [0.05, 0.1) is 11.5 Å². The molecule has 0 heterocycles. The largest absolute Gasteiger partial charge is 0.300 e. The van der Waals surface area contributed by atoms with Crippen molar-refractivity contribution in [2.45, 2.75) is 33.2 Å². The number of nitrogens with zero attached hydrogens (tertiary/aromatic N) is 2. The van der Waals surface area contributed by atoms with Crippen LogP contribution in [0.3, 0.4) is 0 Å². The van der Waals surface area contributed by atoms with Crippen molar-refractivity contribution in [1.82, 2.24) is 4.90 Å². The Morgan fingerprint density at radius 2 is 2.00 bits per heavy atom. The molecule has 1 aromatic carbocycles. The summed E-state index contributed by atoms with van der Waals surface area (Å²) >= 11 is 6.20. The Kier molecular flexibility index (Phi) is 5.19. The van der Waals surface area contributed by atoms with Gasteiger partial charge in [-0.25, -0.2) is 0 Å². The van der Waals surface area contributed by atoms with E-state index in [9.17, 15) is 0 Å². The van der Waals surface area contributed by atoms with Crippen LogP contribution in [0.15, 0.2) is 24.3 Å². The molecule has 0 aromatic heterocycles. The van der Waals surface area contributed by atoms with Crippen molar-refractivity contribution >= 4 is 11.6 Å². The molecule has 0 saturated carbocycles. The van der Waals surface area contributed by atoms with Gasteiger partial charge in [-0.3, -0.25) is 4.90 Å². The summed E-state index contributed by atoms with van der Waals surface area (Å²) in [6.45, 7) is 6.97. The van der Waals surface area contributed by atoms with Crippen LogP contribution in [0.25, 0.3) is 0 Å². The number of nitriles is 1. The highest BCUT2D eigenvalue weighted by atomic mass is 35.5. The molecule has 98 valence electrons. The minimum absolute atomic E-state index is 0.258. The number of halogens is 1. The van der Waals surface area contributed by atoms with Crippen LogP contribution in [-0.4, -0.2) is 18.5 Å². The predicted octanol–water partition coefficient (Wildman–Crippen LogP) is 4.27. The van der Waals surface area contributed by atoms with Gasteiger partial charge in [0.25, 0.3) is 0 Å². The second-order valence-electron chi connectivity index (χ2n) is 5.42. The van der Waals surface area contributed by atoms with E-state index < -0.39 is 0 Å². The van der Waals surface area contributed by atoms with E-state index in [1.54, 1.807) is 0 Å². The molecule has 3 heteroatoms. The Morgan fingerprint density at radius 1 is 1.39 bits per heavy atom. The maximum absolute atomic E-state index is 9.02. The summed E-state index contributed by atoms with van der Waals surface area (Å²) in [7, 11) is 2.07. The van der Waals surface area contributed by atoms with E-state index in [1.165, 1.54) is 0 Å². The molecule has 1 aromatic rings. The van der Waals surface area contributed by atoms with Crippen molar-refractivity contribution < 1.29 is 0 Å². The predicted molar refractivity (Wildman–Crippen MR) is 76.5 cm³/mol. The van der Waals surface area contributed by atoms with Crippen LogP contribution in [-0.2, 0) is 0 Å². The van der Waals surface area contributed by atoms with E-state index in [4.69, 9.17) is 16.9 Å². The van der Waals surface area contributed by atoms with E-state index in [0.717, 1.165) is 23.6 Å². The van der Waals surface area contributed by atoms with Crippen molar-refractivity contribution in [3.05, 3.63) is 34.9 Å². The zero-order chi connectivity index (χ0) is 13.8. The summed E-state index contributed by atoms with van der Waals surface area (Å²) < 4.78 is 0. The molecule has 0 aliphatic carbocycles. The van der Waals surface area contributed by atoms with Crippen molar-refractivity contribution in [1.29, 1.82) is 5.26 Å². The Morgan fingerprint density at radius 3 is 2.56 bits per heavy atom. The molecule has 0 amide bonds. The van der Waals surface area contributed by atoms with Crippen LogP contribution >= 0.6 is 11.6 Å². The zero-order valence-corrected chi connectivity index (χ0v) is 12.3. The maximum atomic E-state index is 9.02. The van der Waals surface area contributed by atoms with Gasteiger partial charge in [-0.2, -0.15) is 5.26 Å². The molecule has 0 spiro atoms. The van der Waals surface area contributed by atoms with Gasteiger partial charge in [-0.1, -0.05) is 29.8 Å². The number of hydrogen-bond donors (Lipinski definition) is 0. The minimum Gasteiger partial charge on any atom is -0.300 e. The molecule has 2 nitrogen and oxygen atoms in total. The first-order chi connectivity index (χ1) is 8.37. The molecule has 0 radical (unpaired) electrons. The van der Waals surface area contributed by atoms with Crippen molar-refractivity contribution in [2.75, 3.05) is 13.6 Å². The third kappa shape index (κ3) is 4.01. The standard InChI is InChI=1S/C15H21ClN2/c1-12(13-7-5-6-8-14(13)16)18(4)10-9-15(2,3)11-17/h5-8,12H,9-10H2,1-4H3. The lowest BCUT2D eigenvalue weighted by Crippen LogP contribution is -2.27. The van der Waals surface area contributed by atoms with Gasteiger partial charge in [0.2, 0.25) is 0 Å². The van der Waals surface area contributed by atoms with Gasteiger partial charge in [-0.15, -0.1) is 0 Å². The van der Waals surface area contributed by atoms with Crippen LogP contribution in [0.5, 0.6) is 0 Å². The fraction of sp³-hybridized carbons (Fsp3) is 0.533. The van der Waals surface area contributed by atoms with E-state index in [2.05, 4.69) is 31.0 Å². The number of rotatable bonds is 5. The zero-order valence-electron chi connectivity index (χ0n) is 11.6. The smallest absolute Gasteiger partial charge is 0.0684 e. The Bertz CT molecular complexity index is 434. The Labute approximate surface area is 115 Å². The fourth-order valence-electron chi connectivity index (χ4n) is 1.76. The monoisotopic (exact) mass is 264 g/mol. The van der Waals surface area contributed by atoms with Gasteiger partial charge < -0.3 is 0 Å². The first kappa shape index (κ1) is 15.0. The molecule has 1 rings (SSSR count). The summed E-state index contributed by atoms with van der Waals surface area (Å²) in [6, 6.07) is 10.5. The third-order valence-corrected chi connectivity index (χ3v) is 3.75. The van der Waals surface area contributed by atoms with Gasteiger partial charge >= 0.3 is 0 Å². The highest BCUT2D eigenvalue weighted by Crippen LogP contribution is 2.27. The van der Waals surface area contributed by atoms with E-state index >= 15 is 0 Å². The van der Waals surface area contributed by atoms with E-state index in [1.807, 2.05) is 32.0 Å². The average Bonchev–Trinajstić information content (AvgIpc) is 2.36. The molecule has 1 unspecified atom stereocenters. The number of benzene rings is 1. The summed E-state index contributed by atoms with van der Waals surface area (Å²) in [6.07, 6.45) is 0.856. The first-order valence-corrected chi connectivity index (χ1v) is 6.61. The summed E-state index contributed by atoms with van der Waals surface area (Å²) in [5.74, 6) is 0. The molecule has 18 heavy (non-hydrogen) atoms. The topological polar surface area (TPSA) is 27.0 Å². The molecule has 0 saturated heterocycles. The molecule has 0 N–H and O–H groups in total. The lowest BCUT2D eigenvalue weighted by Gasteiger charge is -2.28. The normalized spacial score (nSPS) is 13.4.